The Hall–Kier alpha value is -0.890. The van der Waals surface area contributed by atoms with Crippen molar-refractivity contribution in [2.24, 2.45) is 28.6 Å². The molecule has 4 rings (SSSR count). The minimum absolute atomic E-state index is 0.0890. The van der Waals surface area contributed by atoms with Crippen LogP contribution in [0.3, 0.4) is 0 Å². The van der Waals surface area contributed by atoms with Crippen molar-refractivity contribution in [2.45, 2.75) is 58.5 Å². The van der Waals surface area contributed by atoms with E-state index in [1.165, 1.54) is 24.8 Å². The molecule has 0 amide bonds. The maximum absolute atomic E-state index is 11.7. The van der Waals surface area contributed by atoms with Crippen LogP contribution in [0.25, 0.3) is 0 Å². The minimum Gasteiger partial charge on any atom is -0.393 e. The zero-order valence-corrected chi connectivity index (χ0v) is 13.1. The highest BCUT2D eigenvalue weighted by atomic mass is 16.3. The van der Waals surface area contributed by atoms with Crippen LogP contribution >= 0.6 is 0 Å². The van der Waals surface area contributed by atoms with E-state index in [0.717, 1.165) is 25.2 Å². The molecule has 0 bridgehead atoms. The van der Waals surface area contributed by atoms with Crippen molar-refractivity contribution in [3.8, 4) is 0 Å². The van der Waals surface area contributed by atoms with Crippen LogP contribution in [0.1, 0.15) is 52.4 Å². The predicted molar refractivity (Wildman–Crippen MR) is 82.6 cm³/mol. The average molecular weight is 286 g/mol. The molecule has 4 aliphatic carbocycles. The number of allylic oxidation sites excluding steroid dienone is 4. The maximum Gasteiger partial charge on any atom is 0.178 e. The van der Waals surface area contributed by atoms with Gasteiger partial charge in [-0.05, 0) is 73.8 Å². The lowest BCUT2D eigenvalue weighted by atomic mass is 9.48. The van der Waals surface area contributed by atoms with Crippen LogP contribution in [-0.4, -0.2) is 17.0 Å². The molecule has 6 atom stereocenters. The Bertz CT molecular complexity index is 546. The molecule has 3 fully saturated rings. The van der Waals surface area contributed by atoms with E-state index in [-0.39, 0.29) is 22.7 Å². The molecule has 1 unspecified atom stereocenters. The van der Waals surface area contributed by atoms with Gasteiger partial charge in [0.15, 0.2) is 5.78 Å². The molecule has 0 radical (unpaired) electrons. The van der Waals surface area contributed by atoms with Gasteiger partial charge in [-0.2, -0.15) is 0 Å². The Morgan fingerprint density at radius 3 is 2.76 bits per heavy atom. The predicted octanol–water partition coefficient (Wildman–Crippen LogP) is 3.66. The van der Waals surface area contributed by atoms with E-state index in [0.29, 0.717) is 11.8 Å². The molecule has 4 aliphatic rings. The molecule has 0 spiro atoms. The third-order valence-electron chi connectivity index (χ3n) is 7.51. The second kappa shape index (κ2) is 4.32. The highest BCUT2D eigenvalue weighted by Crippen LogP contribution is 2.64. The second-order valence-corrected chi connectivity index (χ2v) is 8.24. The zero-order valence-electron chi connectivity index (χ0n) is 13.1. The Kier molecular flexibility index (Phi) is 2.83. The van der Waals surface area contributed by atoms with E-state index in [1.54, 1.807) is 6.08 Å². The van der Waals surface area contributed by atoms with Crippen molar-refractivity contribution >= 4 is 5.78 Å². The van der Waals surface area contributed by atoms with Crippen LogP contribution in [0, 0.1) is 28.6 Å². The molecular formula is C19H26O2. The van der Waals surface area contributed by atoms with Crippen LogP contribution < -0.4 is 0 Å². The van der Waals surface area contributed by atoms with Gasteiger partial charge in [0.2, 0.25) is 0 Å². The van der Waals surface area contributed by atoms with Gasteiger partial charge in [-0.25, -0.2) is 0 Å². The van der Waals surface area contributed by atoms with Gasteiger partial charge in [0.1, 0.15) is 0 Å². The molecule has 3 saturated carbocycles. The Morgan fingerprint density at radius 2 is 1.95 bits per heavy atom. The summed E-state index contributed by atoms with van der Waals surface area (Å²) in [5.74, 6) is 2.22. The van der Waals surface area contributed by atoms with E-state index < -0.39 is 0 Å². The standard InChI is InChI=1S/C19H26O2/c1-18-9-7-13(20)11-12(18)3-4-14-15-5-6-17(21)19(15,2)10-8-16(14)18/h7,9,11,14-17,21H,3-6,8,10H2,1-2H3/t14-,15-,16+,17?,18-,19-/m0/s1. The summed E-state index contributed by atoms with van der Waals surface area (Å²) in [6.07, 6.45) is 12.6. The van der Waals surface area contributed by atoms with Crippen molar-refractivity contribution in [3.05, 3.63) is 23.8 Å². The van der Waals surface area contributed by atoms with Gasteiger partial charge in [0, 0.05) is 5.41 Å². The molecule has 2 nitrogen and oxygen atoms in total. The first-order valence-electron chi connectivity index (χ1n) is 8.57. The van der Waals surface area contributed by atoms with E-state index in [4.69, 9.17) is 0 Å². The highest BCUT2D eigenvalue weighted by Gasteiger charge is 2.58. The fourth-order valence-electron chi connectivity index (χ4n) is 6.17. The van der Waals surface area contributed by atoms with Crippen LogP contribution in [-0.2, 0) is 4.79 Å². The molecule has 0 aromatic rings. The Morgan fingerprint density at radius 1 is 1.14 bits per heavy atom. The van der Waals surface area contributed by atoms with E-state index in [1.807, 2.05) is 6.08 Å². The number of aliphatic hydroxyl groups is 1. The van der Waals surface area contributed by atoms with Crippen molar-refractivity contribution in [3.63, 3.8) is 0 Å². The third kappa shape index (κ3) is 1.72. The average Bonchev–Trinajstić information content (AvgIpc) is 2.76. The molecule has 1 N–H and O–H groups in total. The second-order valence-electron chi connectivity index (χ2n) is 8.24. The smallest absolute Gasteiger partial charge is 0.178 e. The van der Waals surface area contributed by atoms with Crippen LogP contribution in [0.2, 0.25) is 0 Å². The maximum atomic E-state index is 11.7. The monoisotopic (exact) mass is 286 g/mol. The molecular weight excluding hydrogens is 260 g/mol. The molecule has 0 aliphatic heterocycles. The van der Waals surface area contributed by atoms with E-state index >= 15 is 0 Å². The number of rotatable bonds is 0. The van der Waals surface area contributed by atoms with Crippen LogP contribution in [0.15, 0.2) is 23.8 Å². The summed E-state index contributed by atoms with van der Waals surface area (Å²) in [5, 5.41) is 10.4. The summed E-state index contributed by atoms with van der Waals surface area (Å²) in [7, 11) is 0. The topological polar surface area (TPSA) is 37.3 Å². The normalized spacial score (nSPS) is 52.0. The summed E-state index contributed by atoms with van der Waals surface area (Å²) in [6, 6.07) is 0. The Balaban J connectivity index is 1.70. The number of carbonyl (C=O) groups excluding carboxylic acids is 1. The van der Waals surface area contributed by atoms with Crippen molar-refractivity contribution in [1.82, 2.24) is 0 Å². The molecule has 21 heavy (non-hydrogen) atoms. The summed E-state index contributed by atoms with van der Waals surface area (Å²) >= 11 is 0. The number of hydrogen-bond acceptors (Lipinski definition) is 2. The molecule has 0 saturated heterocycles. The third-order valence-corrected chi connectivity index (χ3v) is 7.51. The van der Waals surface area contributed by atoms with Gasteiger partial charge in [-0.15, -0.1) is 0 Å². The fourth-order valence-corrected chi connectivity index (χ4v) is 6.17. The lowest BCUT2D eigenvalue weighted by Gasteiger charge is -2.56. The van der Waals surface area contributed by atoms with E-state index in [9.17, 15) is 9.90 Å². The van der Waals surface area contributed by atoms with Gasteiger partial charge in [0.25, 0.3) is 0 Å². The van der Waals surface area contributed by atoms with Crippen molar-refractivity contribution in [2.75, 3.05) is 0 Å². The first-order chi connectivity index (χ1) is 9.95. The first kappa shape index (κ1) is 13.8. The van der Waals surface area contributed by atoms with Gasteiger partial charge in [-0.1, -0.05) is 25.5 Å². The molecule has 114 valence electrons. The Labute approximate surface area is 127 Å². The fraction of sp³-hybridized carbons (Fsp3) is 0.737. The number of fused-ring (bicyclic) bond motifs is 5. The largest absolute Gasteiger partial charge is 0.393 e. The number of aliphatic hydroxyl groups excluding tert-OH is 1. The number of hydrogen-bond donors (Lipinski definition) is 1. The zero-order chi connectivity index (χ0) is 14.8. The lowest BCUT2D eigenvalue weighted by Crippen LogP contribution is -2.50. The van der Waals surface area contributed by atoms with Gasteiger partial charge >= 0.3 is 0 Å². The summed E-state index contributed by atoms with van der Waals surface area (Å²) in [5.41, 5.74) is 1.59. The minimum atomic E-state index is -0.100. The summed E-state index contributed by atoms with van der Waals surface area (Å²) < 4.78 is 0. The highest BCUT2D eigenvalue weighted by molar-refractivity contribution is 6.01. The number of carbonyl (C=O) groups is 1. The van der Waals surface area contributed by atoms with Gasteiger partial charge in [0.05, 0.1) is 6.10 Å². The molecule has 2 heteroatoms. The first-order valence-corrected chi connectivity index (χ1v) is 8.57. The van der Waals surface area contributed by atoms with Crippen LogP contribution in [0.5, 0.6) is 0 Å². The van der Waals surface area contributed by atoms with Crippen molar-refractivity contribution in [1.29, 1.82) is 0 Å². The molecule has 0 aromatic heterocycles. The van der Waals surface area contributed by atoms with Crippen LogP contribution in [0.4, 0.5) is 0 Å². The summed E-state index contributed by atoms with van der Waals surface area (Å²) in [6.45, 7) is 4.66. The molecule has 0 aromatic carbocycles. The number of ketones is 1. The quantitative estimate of drug-likeness (QED) is 0.738. The summed E-state index contributed by atoms with van der Waals surface area (Å²) in [4.78, 5) is 11.7. The van der Waals surface area contributed by atoms with Gasteiger partial charge < -0.3 is 5.11 Å². The van der Waals surface area contributed by atoms with Gasteiger partial charge in [-0.3, -0.25) is 4.79 Å². The lowest BCUT2D eigenvalue weighted by molar-refractivity contribution is -0.111. The SMILES string of the molecule is C[C@]12C=CC(=O)C=C1CC[C@@H]1[C@H]2CC[C@]2(C)C(O)CC[C@@H]12. The van der Waals surface area contributed by atoms with Crippen molar-refractivity contribution < 1.29 is 9.90 Å². The van der Waals surface area contributed by atoms with E-state index in [2.05, 4.69) is 19.9 Å². The molecule has 0 heterocycles.